The van der Waals surface area contributed by atoms with Crippen LogP contribution in [0.1, 0.15) is 26.3 Å². The van der Waals surface area contributed by atoms with Crippen LogP contribution in [-0.2, 0) is 10.0 Å². The maximum absolute atomic E-state index is 12.2. The van der Waals surface area contributed by atoms with E-state index in [0.717, 1.165) is 15.6 Å². The summed E-state index contributed by atoms with van der Waals surface area (Å²) in [5.41, 5.74) is 0.371. The van der Waals surface area contributed by atoms with Gasteiger partial charge in [0.15, 0.2) is 5.78 Å². The largest absolute Gasteiger partial charge is 0.321 e. The van der Waals surface area contributed by atoms with Crippen molar-refractivity contribution in [2.24, 2.45) is 0 Å². The van der Waals surface area contributed by atoms with Crippen LogP contribution in [0.25, 0.3) is 0 Å². The molecule has 1 N–H and O–H groups in total. The second-order valence-electron chi connectivity index (χ2n) is 4.99. The fourth-order valence-electron chi connectivity index (χ4n) is 1.79. The molecule has 2 aromatic rings. The van der Waals surface area contributed by atoms with Crippen molar-refractivity contribution in [1.82, 2.24) is 4.31 Å². The number of benzene rings is 1. The Hall–Kier alpha value is -2.03. The summed E-state index contributed by atoms with van der Waals surface area (Å²) in [6, 6.07) is 9.18. The molecule has 1 amide bonds. The van der Waals surface area contributed by atoms with Gasteiger partial charge in [-0.05, 0) is 37.3 Å². The molecule has 0 aliphatic carbocycles. The highest BCUT2D eigenvalue weighted by molar-refractivity contribution is 7.89. The predicted molar refractivity (Wildman–Crippen MR) is 89.6 cm³/mol. The number of carbonyl (C=O) groups excluding carboxylic acids is 2. The number of rotatable bonds is 5. The van der Waals surface area contributed by atoms with E-state index in [9.17, 15) is 18.0 Å². The van der Waals surface area contributed by atoms with Crippen molar-refractivity contribution in [3.63, 3.8) is 0 Å². The van der Waals surface area contributed by atoms with Gasteiger partial charge in [-0.25, -0.2) is 12.7 Å². The topological polar surface area (TPSA) is 83.5 Å². The molecule has 1 aromatic heterocycles. The van der Waals surface area contributed by atoms with E-state index in [4.69, 9.17) is 0 Å². The Bertz CT molecular complexity index is 854. The molecule has 1 heterocycles. The third kappa shape index (κ3) is 3.84. The Labute approximate surface area is 138 Å². The molecule has 122 valence electrons. The first-order chi connectivity index (χ1) is 10.7. The van der Waals surface area contributed by atoms with E-state index in [0.29, 0.717) is 15.4 Å². The van der Waals surface area contributed by atoms with Crippen LogP contribution in [0.4, 0.5) is 5.69 Å². The molecule has 0 unspecified atom stereocenters. The minimum Gasteiger partial charge on any atom is -0.321 e. The average molecular weight is 352 g/mol. The SMILES string of the molecule is CC(=O)c1ccc(C(=O)Nc2cccc(S(=O)(=O)N(C)C)c2)s1. The molecule has 8 heteroatoms. The van der Waals surface area contributed by atoms with Crippen molar-refractivity contribution in [3.05, 3.63) is 46.2 Å². The molecule has 0 saturated carbocycles. The highest BCUT2D eigenvalue weighted by Crippen LogP contribution is 2.21. The lowest BCUT2D eigenvalue weighted by molar-refractivity contribution is 0.101. The van der Waals surface area contributed by atoms with Gasteiger partial charge < -0.3 is 5.32 Å². The van der Waals surface area contributed by atoms with E-state index in [1.165, 1.54) is 33.2 Å². The third-order valence-electron chi connectivity index (χ3n) is 3.05. The second-order valence-corrected chi connectivity index (χ2v) is 8.23. The molecule has 23 heavy (non-hydrogen) atoms. The number of thiophene rings is 1. The Kier molecular flexibility index (Phi) is 4.98. The molecule has 0 spiro atoms. The van der Waals surface area contributed by atoms with Gasteiger partial charge in [0.05, 0.1) is 14.6 Å². The van der Waals surface area contributed by atoms with E-state index < -0.39 is 10.0 Å². The van der Waals surface area contributed by atoms with Gasteiger partial charge in [0.1, 0.15) is 0 Å². The summed E-state index contributed by atoms with van der Waals surface area (Å²) in [6.45, 7) is 1.43. The quantitative estimate of drug-likeness (QED) is 0.838. The monoisotopic (exact) mass is 352 g/mol. The average Bonchev–Trinajstić information content (AvgIpc) is 2.97. The number of ketones is 1. The summed E-state index contributed by atoms with van der Waals surface area (Å²) < 4.78 is 25.3. The van der Waals surface area contributed by atoms with Crippen molar-refractivity contribution >= 4 is 38.7 Å². The van der Waals surface area contributed by atoms with Gasteiger partial charge in [0.2, 0.25) is 10.0 Å². The Balaban J connectivity index is 2.23. The van der Waals surface area contributed by atoms with Gasteiger partial charge in [-0.2, -0.15) is 0 Å². The van der Waals surface area contributed by atoms with Gasteiger partial charge in [-0.15, -0.1) is 11.3 Å². The van der Waals surface area contributed by atoms with Crippen LogP contribution in [-0.4, -0.2) is 38.5 Å². The molecule has 6 nitrogen and oxygen atoms in total. The fraction of sp³-hybridized carbons (Fsp3) is 0.200. The van der Waals surface area contributed by atoms with Gasteiger partial charge >= 0.3 is 0 Å². The molecule has 0 fully saturated rings. The van der Waals surface area contributed by atoms with Gasteiger partial charge in [-0.3, -0.25) is 9.59 Å². The number of sulfonamides is 1. The summed E-state index contributed by atoms with van der Waals surface area (Å²) in [4.78, 5) is 24.4. The maximum Gasteiger partial charge on any atom is 0.265 e. The summed E-state index contributed by atoms with van der Waals surface area (Å²) in [6.07, 6.45) is 0. The van der Waals surface area contributed by atoms with E-state index in [-0.39, 0.29) is 16.6 Å². The van der Waals surface area contributed by atoms with Crippen LogP contribution in [0.5, 0.6) is 0 Å². The van der Waals surface area contributed by atoms with Crippen molar-refractivity contribution in [2.45, 2.75) is 11.8 Å². The number of anilines is 1. The zero-order valence-electron chi connectivity index (χ0n) is 12.9. The van der Waals surface area contributed by atoms with Gasteiger partial charge in [-0.1, -0.05) is 6.07 Å². The van der Waals surface area contributed by atoms with Crippen molar-refractivity contribution in [3.8, 4) is 0 Å². The van der Waals surface area contributed by atoms with Crippen LogP contribution in [0, 0.1) is 0 Å². The summed E-state index contributed by atoms with van der Waals surface area (Å²) >= 11 is 1.09. The maximum atomic E-state index is 12.2. The molecule has 0 aliphatic rings. The van der Waals surface area contributed by atoms with Crippen LogP contribution in [0.2, 0.25) is 0 Å². The molecule has 0 atom stereocenters. The van der Waals surface area contributed by atoms with Crippen LogP contribution >= 0.6 is 11.3 Å². The molecule has 0 radical (unpaired) electrons. The zero-order valence-corrected chi connectivity index (χ0v) is 14.5. The molecular weight excluding hydrogens is 336 g/mol. The number of hydrogen-bond donors (Lipinski definition) is 1. The number of amides is 1. The first-order valence-electron chi connectivity index (χ1n) is 6.66. The van der Waals surface area contributed by atoms with Crippen molar-refractivity contribution < 1.29 is 18.0 Å². The van der Waals surface area contributed by atoms with E-state index >= 15 is 0 Å². The third-order valence-corrected chi connectivity index (χ3v) is 6.04. The molecule has 0 bridgehead atoms. The second kappa shape index (κ2) is 6.61. The number of carbonyl (C=O) groups is 2. The zero-order chi connectivity index (χ0) is 17.2. The number of nitrogens with zero attached hydrogens (tertiary/aromatic N) is 1. The molecule has 1 aromatic carbocycles. The summed E-state index contributed by atoms with van der Waals surface area (Å²) in [7, 11) is -0.687. The van der Waals surface area contributed by atoms with E-state index in [1.54, 1.807) is 24.3 Å². The van der Waals surface area contributed by atoms with Crippen LogP contribution in [0.3, 0.4) is 0 Å². The lowest BCUT2D eigenvalue weighted by Crippen LogP contribution is -2.22. The number of nitrogens with one attached hydrogen (secondary N) is 1. The smallest absolute Gasteiger partial charge is 0.265 e. The number of Topliss-reactive ketones (excluding diaryl/α,β-unsaturated/α-hetero) is 1. The van der Waals surface area contributed by atoms with Crippen LogP contribution in [0.15, 0.2) is 41.3 Å². The lowest BCUT2D eigenvalue weighted by Gasteiger charge is -2.12. The predicted octanol–water partition coefficient (Wildman–Crippen LogP) is 2.45. The Morgan fingerprint density at radius 1 is 1.09 bits per heavy atom. The standard InChI is InChI=1S/C15H16N2O4S2/c1-10(18)13-7-8-14(22-13)15(19)16-11-5-4-6-12(9-11)23(20,21)17(2)3/h4-9H,1-3H3,(H,16,19). The van der Waals surface area contributed by atoms with E-state index in [2.05, 4.69) is 5.32 Å². The van der Waals surface area contributed by atoms with Crippen molar-refractivity contribution in [1.29, 1.82) is 0 Å². The molecule has 2 rings (SSSR count). The van der Waals surface area contributed by atoms with Gasteiger partial charge in [0.25, 0.3) is 5.91 Å². The first-order valence-corrected chi connectivity index (χ1v) is 8.92. The first kappa shape index (κ1) is 17.3. The fourth-order valence-corrected chi connectivity index (χ4v) is 3.53. The van der Waals surface area contributed by atoms with E-state index in [1.807, 2.05) is 0 Å². The molecule has 0 saturated heterocycles. The normalized spacial score (nSPS) is 11.5. The Morgan fingerprint density at radius 2 is 1.74 bits per heavy atom. The summed E-state index contributed by atoms with van der Waals surface area (Å²) in [5, 5.41) is 2.64. The highest BCUT2D eigenvalue weighted by Gasteiger charge is 2.18. The number of hydrogen-bond acceptors (Lipinski definition) is 5. The molecule has 0 aliphatic heterocycles. The van der Waals surface area contributed by atoms with Crippen molar-refractivity contribution in [2.75, 3.05) is 19.4 Å². The van der Waals surface area contributed by atoms with Gasteiger partial charge in [0, 0.05) is 19.8 Å². The highest BCUT2D eigenvalue weighted by atomic mass is 32.2. The summed E-state index contributed by atoms with van der Waals surface area (Å²) in [5.74, 6) is -0.491. The molecular formula is C15H16N2O4S2. The minimum absolute atomic E-state index is 0.0934. The van der Waals surface area contributed by atoms with Crippen LogP contribution < -0.4 is 5.32 Å². The minimum atomic E-state index is -3.57. The lowest BCUT2D eigenvalue weighted by atomic mass is 10.3. The Morgan fingerprint density at radius 3 is 2.30 bits per heavy atom.